The number of rotatable bonds is 7. The number of aromatic nitrogens is 2. The van der Waals surface area contributed by atoms with Crippen molar-refractivity contribution in [1.29, 1.82) is 0 Å². The molecule has 1 saturated heterocycles. The van der Waals surface area contributed by atoms with Gasteiger partial charge in [-0.3, -0.25) is 0 Å². The molecule has 2 aromatic rings. The van der Waals surface area contributed by atoms with E-state index in [1.165, 1.54) is 0 Å². The number of benzene rings is 1. The Labute approximate surface area is 129 Å². The van der Waals surface area contributed by atoms with Gasteiger partial charge < -0.3 is 19.5 Å². The monoisotopic (exact) mass is 301 g/mol. The van der Waals surface area contributed by atoms with E-state index in [1.54, 1.807) is 12.4 Å². The second kappa shape index (κ2) is 7.61. The van der Waals surface area contributed by atoms with Crippen LogP contribution in [-0.2, 0) is 0 Å². The van der Waals surface area contributed by atoms with Crippen LogP contribution in [0.25, 0.3) is 0 Å². The first-order valence-corrected chi connectivity index (χ1v) is 7.41. The van der Waals surface area contributed by atoms with E-state index >= 15 is 0 Å². The van der Waals surface area contributed by atoms with E-state index in [1.807, 2.05) is 30.3 Å². The van der Waals surface area contributed by atoms with Crippen molar-refractivity contribution in [3.8, 4) is 17.5 Å². The summed E-state index contributed by atoms with van der Waals surface area (Å²) in [5.74, 6) is 1.67. The molecule has 0 radical (unpaired) electrons. The molecular weight excluding hydrogens is 282 g/mol. The van der Waals surface area contributed by atoms with Crippen molar-refractivity contribution in [3.05, 3.63) is 42.7 Å². The zero-order valence-electron chi connectivity index (χ0n) is 12.3. The Hall–Kier alpha value is -2.34. The first-order valence-electron chi connectivity index (χ1n) is 7.41. The minimum atomic E-state index is 0.125. The maximum Gasteiger partial charge on any atom is 0.278 e. The van der Waals surface area contributed by atoms with Crippen LogP contribution >= 0.6 is 0 Å². The molecule has 0 amide bonds. The van der Waals surface area contributed by atoms with Gasteiger partial charge in [-0.25, -0.2) is 9.97 Å². The Morgan fingerprint density at radius 1 is 1.00 bits per heavy atom. The van der Waals surface area contributed by atoms with E-state index in [2.05, 4.69) is 15.3 Å². The smallest absolute Gasteiger partial charge is 0.278 e. The lowest BCUT2D eigenvalue weighted by Gasteiger charge is -2.14. The topological polar surface area (TPSA) is 65.5 Å². The van der Waals surface area contributed by atoms with E-state index in [0.29, 0.717) is 25.0 Å². The number of ether oxygens (including phenoxy) is 3. The minimum absolute atomic E-state index is 0.125. The summed E-state index contributed by atoms with van der Waals surface area (Å²) in [5, 5.41) is 3.25. The largest absolute Gasteiger partial charge is 0.490 e. The van der Waals surface area contributed by atoms with Crippen LogP contribution in [0.2, 0.25) is 0 Å². The van der Waals surface area contributed by atoms with Crippen LogP contribution in [0, 0.1) is 0 Å². The fourth-order valence-electron chi connectivity index (χ4n) is 2.19. The zero-order valence-corrected chi connectivity index (χ0v) is 12.3. The van der Waals surface area contributed by atoms with Crippen LogP contribution < -0.4 is 19.5 Å². The highest BCUT2D eigenvalue weighted by molar-refractivity contribution is 5.24. The van der Waals surface area contributed by atoms with Crippen LogP contribution in [0.1, 0.15) is 6.42 Å². The third-order valence-corrected chi connectivity index (χ3v) is 3.26. The van der Waals surface area contributed by atoms with E-state index in [-0.39, 0.29) is 6.10 Å². The Kier molecular flexibility index (Phi) is 5.04. The molecule has 1 aromatic carbocycles. The number of hydrogen-bond donors (Lipinski definition) is 1. The third kappa shape index (κ3) is 4.08. The van der Waals surface area contributed by atoms with Gasteiger partial charge in [0.25, 0.3) is 11.8 Å². The van der Waals surface area contributed by atoms with Gasteiger partial charge in [-0.15, -0.1) is 0 Å². The predicted molar refractivity (Wildman–Crippen MR) is 81.4 cm³/mol. The molecule has 1 atom stereocenters. The predicted octanol–water partition coefficient (Wildman–Crippen LogP) is 1.68. The number of hydrogen-bond acceptors (Lipinski definition) is 6. The lowest BCUT2D eigenvalue weighted by molar-refractivity contribution is 0.176. The molecular formula is C16H19N3O3. The van der Waals surface area contributed by atoms with Crippen molar-refractivity contribution in [2.24, 2.45) is 0 Å². The molecule has 1 aromatic heterocycles. The summed E-state index contributed by atoms with van der Waals surface area (Å²) in [5.41, 5.74) is 0. The molecule has 0 saturated carbocycles. The maximum absolute atomic E-state index is 5.82. The lowest BCUT2D eigenvalue weighted by atomic mass is 10.3. The normalized spacial score (nSPS) is 17.2. The van der Waals surface area contributed by atoms with Gasteiger partial charge in [-0.05, 0) is 25.1 Å². The molecule has 6 heteroatoms. The Bertz CT molecular complexity index is 574. The number of nitrogens with zero attached hydrogens (tertiary/aromatic N) is 2. The first-order chi connectivity index (χ1) is 10.9. The second-order valence-electron chi connectivity index (χ2n) is 4.91. The van der Waals surface area contributed by atoms with Crippen molar-refractivity contribution in [2.45, 2.75) is 12.5 Å². The van der Waals surface area contributed by atoms with E-state index < -0.39 is 0 Å². The summed E-state index contributed by atoms with van der Waals surface area (Å²) in [7, 11) is 0. The van der Waals surface area contributed by atoms with Crippen molar-refractivity contribution in [3.63, 3.8) is 0 Å². The molecule has 6 nitrogen and oxygen atoms in total. The molecule has 1 aliphatic heterocycles. The average Bonchev–Trinajstić information content (AvgIpc) is 3.07. The highest BCUT2D eigenvalue weighted by Gasteiger charge is 2.19. The van der Waals surface area contributed by atoms with Crippen molar-refractivity contribution < 1.29 is 14.2 Å². The van der Waals surface area contributed by atoms with Gasteiger partial charge >= 0.3 is 0 Å². The second-order valence-corrected chi connectivity index (χ2v) is 4.91. The van der Waals surface area contributed by atoms with Crippen LogP contribution in [-0.4, -0.2) is 42.4 Å². The minimum Gasteiger partial charge on any atom is -0.490 e. The standard InChI is InChI=1S/C16H19N3O3/c1-2-4-13(5-3-1)20-10-11-21-15-16(19-9-8-18-15)22-14-6-7-17-12-14/h1-5,8-9,14,17H,6-7,10-12H2. The zero-order chi connectivity index (χ0) is 15.0. The molecule has 1 aliphatic rings. The SMILES string of the molecule is c1ccc(OCCOc2nccnc2OC2CCNC2)cc1. The molecule has 116 valence electrons. The summed E-state index contributed by atoms with van der Waals surface area (Å²) in [6.45, 7) is 2.61. The highest BCUT2D eigenvalue weighted by atomic mass is 16.6. The van der Waals surface area contributed by atoms with Gasteiger partial charge in [0.2, 0.25) is 0 Å². The molecule has 2 heterocycles. The average molecular weight is 301 g/mol. The highest BCUT2D eigenvalue weighted by Crippen LogP contribution is 2.22. The molecule has 0 spiro atoms. The Balaban J connectivity index is 1.49. The van der Waals surface area contributed by atoms with Crippen LogP contribution in [0.3, 0.4) is 0 Å². The molecule has 1 fully saturated rings. The number of para-hydroxylation sites is 1. The summed E-state index contributed by atoms with van der Waals surface area (Å²) >= 11 is 0. The van der Waals surface area contributed by atoms with Gasteiger partial charge in [0.05, 0.1) is 0 Å². The fourth-order valence-corrected chi connectivity index (χ4v) is 2.19. The molecule has 1 N–H and O–H groups in total. The summed E-state index contributed by atoms with van der Waals surface area (Å²) < 4.78 is 17.0. The van der Waals surface area contributed by atoms with Gasteiger partial charge in [0, 0.05) is 18.9 Å². The summed E-state index contributed by atoms with van der Waals surface area (Å²) in [4.78, 5) is 8.38. The maximum atomic E-state index is 5.82. The fraction of sp³-hybridized carbons (Fsp3) is 0.375. The van der Waals surface area contributed by atoms with E-state index in [0.717, 1.165) is 25.3 Å². The first kappa shape index (κ1) is 14.6. The van der Waals surface area contributed by atoms with E-state index in [4.69, 9.17) is 14.2 Å². The molecule has 1 unspecified atom stereocenters. The molecule has 22 heavy (non-hydrogen) atoms. The van der Waals surface area contributed by atoms with Crippen LogP contribution in [0.15, 0.2) is 42.7 Å². The Morgan fingerprint density at radius 2 is 1.77 bits per heavy atom. The van der Waals surface area contributed by atoms with Gasteiger partial charge in [-0.1, -0.05) is 18.2 Å². The molecule has 0 bridgehead atoms. The third-order valence-electron chi connectivity index (χ3n) is 3.26. The molecule has 3 rings (SSSR count). The van der Waals surface area contributed by atoms with Crippen molar-refractivity contribution in [1.82, 2.24) is 15.3 Å². The van der Waals surface area contributed by atoms with E-state index in [9.17, 15) is 0 Å². The number of nitrogens with one attached hydrogen (secondary N) is 1. The van der Waals surface area contributed by atoms with Crippen molar-refractivity contribution >= 4 is 0 Å². The van der Waals surface area contributed by atoms with Gasteiger partial charge in [-0.2, -0.15) is 0 Å². The quantitative estimate of drug-likeness (QED) is 0.785. The van der Waals surface area contributed by atoms with Crippen LogP contribution in [0.4, 0.5) is 0 Å². The molecule has 0 aliphatic carbocycles. The van der Waals surface area contributed by atoms with Crippen LogP contribution in [0.5, 0.6) is 17.5 Å². The Morgan fingerprint density at radius 3 is 2.55 bits per heavy atom. The summed E-state index contributed by atoms with van der Waals surface area (Å²) in [6, 6.07) is 9.62. The summed E-state index contributed by atoms with van der Waals surface area (Å²) in [6.07, 6.45) is 4.28. The lowest BCUT2D eigenvalue weighted by Crippen LogP contribution is -2.21. The van der Waals surface area contributed by atoms with Gasteiger partial charge in [0.15, 0.2) is 0 Å². The van der Waals surface area contributed by atoms with Gasteiger partial charge in [0.1, 0.15) is 25.1 Å². The van der Waals surface area contributed by atoms with Crippen molar-refractivity contribution in [2.75, 3.05) is 26.3 Å².